The van der Waals surface area contributed by atoms with Crippen molar-refractivity contribution in [2.45, 2.75) is 19.9 Å². The normalized spacial score (nSPS) is 9.71. The molecule has 0 unspecified atom stereocenters. The SMILES string of the molecule is CC(C)N(C)C(=O)c1cccc(C#CCN)c1. The van der Waals surface area contributed by atoms with Gasteiger partial charge in [-0.15, -0.1) is 0 Å². The minimum Gasteiger partial charge on any atom is -0.339 e. The number of hydrogen-bond acceptors (Lipinski definition) is 2. The fourth-order valence-electron chi connectivity index (χ4n) is 1.32. The van der Waals surface area contributed by atoms with Crippen LogP contribution in [0.5, 0.6) is 0 Å². The molecule has 3 heteroatoms. The zero-order valence-electron chi connectivity index (χ0n) is 10.5. The molecule has 0 aromatic heterocycles. The van der Waals surface area contributed by atoms with Gasteiger partial charge in [-0.1, -0.05) is 17.9 Å². The smallest absolute Gasteiger partial charge is 0.253 e. The van der Waals surface area contributed by atoms with Crippen molar-refractivity contribution < 1.29 is 4.79 Å². The van der Waals surface area contributed by atoms with E-state index in [0.717, 1.165) is 5.56 Å². The minimum absolute atomic E-state index is 0.0106. The van der Waals surface area contributed by atoms with Gasteiger partial charge in [0.2, 0.25) is 0 Å². The minimum atomic E-state index is 0.0106. The second kappa shape index (κ2) is 6.07. The molecule has 0 saturated heterocycles. The molecular weight excluding hydrogens is 212 g/mol. The van der Waals surface area contributed by atoms with Gasteiger partial charge in [-0.2, -0.15) is 0 Å². The Morgan fingerprint density at radius 2 is 2.18 bits per heavy atom. The number of benzene rings is 1. The molecule has 0 aliphatic heterocycles. The number of amides is 1. The van der Waals surface area contributed by atoms with Crippen molar-refractivity contribution in [2.24, 2.45) is 5.73 Å². The topological polar surface area (TPSA) is 46.3 Å². The molecule has 0 fully saturated rings. The Balaban J connectivity index is 2.95. The van der Waals surface area contributed by atoms with Gasteiger partial charge in [0.25, 0.3) is 5.91 Å². The lowest BCUT2D eigenvalue weighted by Gasteiger charge is -2.21. The van der Waals surface area contributed by atoms with E-state index in [1.54, 1.807) is 24.1 Å². The zero-order valence-corrected chi connectivity index (χ0v) is 10.5. The van der Waals surface area contributed by atoms with E-state index in [9.17, 15) is 4.79 Å². The molecule has 2 N–H and O–H groups in total. The standard InChI is InChI=1S/C14H18N2O/c1-11(2)16(3)14(17)13-8-4-6-12(10-13)7-5-9-15/h4,6,8,10-11H,9,15H2,1-3H3. The van der Waals surface area contributed by atoms with Crippen LogP contribution in [0.3, 0.4) is 0 Å². The van der Waals surface area contributed by atoms with Crippen LogP contribution in [-0.2, 0) is 0 Å². The maximum Gasteiger partial charge on any atom is 0.253 e. The number of carbonyl (C=O) groups excluding carboxylic acids is 1. The van der Waals surface area contributed by atoms with Crippen molar-refractivity contribution >= 4 is 5.91 Å². The van der Waals surface area contributed by atoms with Gasteiger partial charge in [-0.3, -0.25) is 4.79 Å². The number of nitrogens with zero attached hydrogens (tertiary/aromatic N) is 1. The summed E-state index contributed by atoms with van der Waals surface area (Å²) in [6.45, 7) is 4.29. The highest BCUT2D eigenvalue weighted by atomic mass is 16.2. The van der Waals surface area contributed by atoms with Crippen molar-refractivity contribution in [1.29, 1.82) is 0 Å². The van der Waals surface area contributed by atoms with E-state index < -0.39 is 0 Å². The van der Waals surface area contributed by atoms with E-state index in [4.69, 9.17) is 5.73 Å². The summed E-state index contributed by atoms with van der Waals surface area (Å²) in [5, 5.41) is 0. The van der Waals surface area contributed by atoms with Crippen molar-refractivity contribution in [3.05, 3.63) is 35.4 Å². The second-order valence-electron chi connectivity index (χ2n) is 4.10. The summed E-state index contributed by atoms with van der Waals surface area (Å²) in [6, 6.07) is 7.48. The maximum absolute atomic E-state index is 12.1. The lowest BCUT2D eigenvalue weighted by molar-refractivity contribution is 0.0755. The molecule has 0 bridgehead atoms. The largest absolute Gasteiger partial charge is 0.339 e. The van der Waals surface area contributed by atoms with Crippen LogP contribution in [0.15, 0.2) is 24.3 Å². The van der Waals surface area contributed by atoms with Crippen molar-refractivity contribution in [1.82, 2.24) is 4.90 Å². The van der Waals surface area contributed by atoms with Gasteiger partial charge in [0.05, 0.1) is 6.54 Å². The molecule has 17 heavy (non-hydrogen) atoms. The van der Waals surface area contributed by atoms with Crippen LogP contribution < -0.4 is 5.73 Å². The summed E-state index contributed by atoms with van der Waals surface area (Å²) in [4.78, 5) is 13.8. The third-order valence-electron chi connectivity index (χ3n) is 2.54. The molecule has 1 rings (SSSR count). The number of rotatable bonds is 2. The lowest BCUT2D eigenvalue weighted by atomic mass is 10.1. The van der Waals surface area contributed by atoms with Crippen LogP contribution in [0.1, 0.15) is 29.8 Å². The third-order valence-corrected chi connectivity index (χ3v) is 2.54. The highest BCUT2D eigenvalue weighted by Crippen LogP contribution is 2.08. The molecule has 0 spiro atoms. The first-order chi connectivity index (χ1) is 8.06. The van der Waals surface area contributed by atoms with Gasteiger partial charge < -0.3 is 10.6 Å². The van der Waals surface area contributed by atoms with Crippen LogP contribution in [0.4, 0.5) is 0 Å². The van der Waals surface area contributed by atoms with E-state index in [1.807, 2.05) is 26.0 Å². The van der Waals surface area contributed by atoms with Gasteiger partial charge in [0.15, 0.2) is 0 Å². The Morgan fingerprint density at radius 3 is 2.76 bits per heavy atom. The summed E-state index contributed by atoms with van der Waals surface area (Å²) >= 11 is 0. The molecular formula is C14H18N2O. The van der Waals surface area contributed by atoms with E-state index in [-0.39, 0.29) is 11.9 Å². The van der Waals surface area contributed by atoms with E-state index >= 15 is 0 Å². The predicted octanol–water partition coefficient (Wildman–Crippen LogP) is 1.48. The quantitative estimate of drug-likeness (QED) is 0.782. The molecule has 0 radical (unpaired) electrons. The Hall–Kier alpha value is -1.79. The summed E-state index contributed by atoms with van der Waals surface area (Å²) in [7, 11) is 1.80. The van der Waals surface area contributed by atoms with Crippen molar-refractivity contribution in [2.75, 3.05) is 13.6 Å². The fourth-order valence-corrected chi connectivity index (χ4v) is 1.32. The van der Waals surface area contributed by atoms with Crippen LogP contribution in [0.25, 0.3) is 0 Å². The summed E-state index contributed by atoms with van der Waals surface area (Å²) in [5.41, 5.74) is 6.79. The first kappa shape index (κ1) is 13.3. The van der Waals surface area contributed by atoms with Gasteiger partial charge in [-0.25, -0.2) is 0 Å². The monoisotopic (exact) mass is 230 g/mol. The average molecular weight is 230 g/mol. The Labute approximate surface area is 103 Å². The summed E-state index contributed by atoms with van der Waals surface area (Å²) < 4.78 is 0. The molecule has 1 aromatic rings. The molecule has 0 saturated carbocycles. The fraction of sp³-hybridized carbons (Fsp3) is 0.357. The average Bonchev–Trinajstić information content (AvgIpc) is 2.34. The second-order valence-corrected chi connectivity index (χ2v) is 4.10. The third kappa shape index (κ3) is 3.61. The molecule has 1 aromatic carbocycles. The highest BCUT2D eigenvalue weighted by Gasteiger charge is 2.13. The molecule has 0 aliphatic carbocycles. The zero-order chi connectivity index (χ0) is 12.8. The van der Waals surface area contributed by atoms with Crippen LogP contribution in [0, 0.1) is 11.8 Å². The lowest BCUT2D eigenvalue weighted by Crippen LogP contribution is -2.32. The van der Waals surface area contributed by atoms with Crippen LogP contribution in [0.2, 0.25) is 0 Å². The summed E-state index contributed by atoms with van der Waals surface area (Å²) in [6.07, 6.45) is 0. The Bertz CT molecular complexity index is 455. The molecule has 0 heterocycles. The highest BCUT2D eigenvalue weighted by molar-refractivity contribution is 5.94. The van der Waals surface area contributed by atoms with E-state index in [1.165, 1.54) is 0 Å². The van der Waals surface area contributed by atoms with Crippen molar-refractivity contribution in [3.8, 4) is 11.8 Å². The maximum atomic E-state index is 12.1. The Morgan fingerprint density at radius 1 is 1.47 bits per heavy atom. The van der Waals surface area contributed by atoms with Gasteiger partial charge >= 0.3 is 0 Å². The first-order valence-electron chi connectivity index (χ1n) is 5.62. The van der Waals surface area contributed by atoms with Gasteiger partial charge in [-0.05, 0) is 32.0 Å². The summed E-state index contributed by atoms with van der Waals surface area (Å²) in [5.74, 6) is 5.71. The molecule has 0 atom stereocenters. The molecule has 90 valence electrons. The van der Waals surface area contributed by atoms with Crippen LogP contribution >= 0.6 is 0 Å². The first-order valence-corrected chi connectivity index (χ1v) is 5.62. The van der Waals surface area contributed by atoms with Crippen molar-refractivity contribution in [3.63, 3.8) is 0 Å². The predicted molar refractivity (Wildman–Crippen MR) is 69.6 cm³/mol. The van der Waals surface area contributed by atoms with Gasteiger partial charge in [0, 0.05) is 24.2 Å². The van der Waals surface area contributed by atoms with Gasteiger partial charge in [0.1, 0.15) is 0 Å². The number of nitrogens with two attached hydrogens (primary N) is 1. The van der Waals surface area contributed by atoms with Crippen LogP contribution in [-0.4, -0.2) is 30.4 Å². The van der Waals surface area contributed by atoms with E-state index in [2.05, 4.69) is 11.8 Å². The number of carbonyl (C=O) groups is 1. The number of hydrogen-bond donors (Lipinski definition) is 1. The molecule has 3 nitrogen and oxygen atoms in total. The Kier molecular flexibility index (Phi) is 4.74. The molecule has 1 amide bonds. The molecule has 0 aliphatic rings. The van der Waals surface area contributed by atoms with E-state index in [0.29, 0.717) is 12.1 Å².